The molecule has 0 spiro atoms. The highest BCUT2D eigenvalue weighted by Gasteiger charge is 2.37. The molecule has 0 unspecified atom stereocenters. The van der Waals surface area contributed by atoms with Crippen LogP contribution in [0.5, 0.6) is 0 Å². The zero-order chi connectivity index (χ0) is 15.7. The maximum Gasteiger partial charge on any atom is 0.0703 e. The Bertz CT molecular complexity index is 462. The van der Waals surface area contributed by atoms with Crippen molar-refractivity contribution in [2.24, 2.45) is 11.3 Å². The Hall–Kier alpha value is -0.830. The van der Waals surface area contributed by atoms with E-state index in [1.54, 1.807) is 0 Å². The predicted octanol–water partition coefficient (Wildman–Crippen LogP) is 3.98. The SMILES string of the molecule is CCc1cc(CC2(O)CCC(C(C)(C)C)CC2)n(CC)n1. The van der Waals surface area contributed by atoms with Gasteiger partial charge in [0.05, 0.1) is 11.3 Å². The topological polar surface area (TPSA) is 38.0 Å². The van der Waals surface area contributed by atoms with Gasteiger partial charge in [-0.25, -0.2) is 0 Å². The van der Waals surface area contributed by atoms with Crippen molar-refractivity contribution in [3.8, 4) is 0 Å². The Morgan fingerprint density at radius 3 is 2.38 bits per heavy atom. The maximum atomic E-state index is 11.0. The van der Waals surface area contributed by atoms with E-state index < -0.39 is 5.60 Å². The molecule has 1 aliphatic rings. The standard InChI is InChI=1S/C18H32N2O/c1-6-15-12-16(20(7-2)19-15)13-18(21)10-8-14(9-11-18)17(3,4)5/h12,14,21H,6-11,13H2,1-5H3. The molecule has 120 valence electrons. The second-order valence-electron chi connectivity index (χ2n) is 7.84. The number of hydrogen-bond acceptors (Lipinski definition) is 2. The highest BCUT2D eigenvalue weighted by atomic mass is 16.3. The van der Waals surface area contributed by atoms with E-state index in [0.717, 1.165) is 56.7 Å². The van der Waals surface area contributed by atoms with E-state index in [9.17, 15) is 5.11 Å². The highest BCUT2D eigenvalue weighted by molar-refractivity contribution is 5.13. The summed E-state index contributed by atoms with van der Waals surface area (Å²) in [5.74, 6) is 0.736. The first-order valence-corrected chi connectivity index (χ1v) is 8.55. The molecule has 0 bridgehead atoms. The first kappa shape index (κ1) is 16.5. The van der Waals surface area contributed by atoms with Crippen LogP contribution in [0.1, 0.15) is 71.7 Å². The molecule has 0 radical (unpaired) electrons. The number of aromatic nitrogens is 2. The Morgan fingerprint density at radius 2 is 1.90 bits per heavy atom. The largest absolute Gasteiger partial charge is 0.389 e. The average Bonchev–Trinajstić information content (AvgIpc) is 2.79. The fraction of sp³-hybridized carbons (Fsp3) is 0.833. The van der Waals surface area contributed by atoms with Crippen LogP contribution in [0.3, 0.4) is 0 Å². The van der Waals surface area contributed by atoms with Gasteiger partial charge in [-0.3, -0.25) is 4.68 Å². The second kappa shape index (κ2) is 6.12. The summed E-state index contributed by atoms with van der Waals surface area (Å²) in [7, 11) is 0. The highest BCUT2D eigenvalue weighted by Crippen LogP contribution is 2.42. The minimum absolute atomic E-state index is 0.363. The van der Waals surface area contributed by atoms with Gasteiger partial charge in [0.15, 0.2) is 0 Å². The molecule has 1 aromatic heterocycles. The molecule has 1 fully saturated rings. The number of aliphatic hydroxyl groups is 1. The second-order valence-corrected chi connectivity index (χ2v) is 7.84. The van der Waals surface area contributed by atoms with Gasteiger partial charge in [-0.05, 0) is 56.4 Å². The third kappa shape index (κ3) is 3.88. The van der Waals surface area contributed by atoms with E-state index in [2.05, 4.69) is 50.5 Å². The van der Waals surface area contributed by atoms with Crippen molar-refractivity contribution in [3.05, 3.63) is 17.5 Å². The summed E-state index contributed by atoms with van der Waals surface area (Å²) in [5, 5.41) is 15.6. The lowest BCUT2D eigenvalue weighted by molar-refractivity contribution is -0.0258. The summed E-state index contributed by atoms with van der Waals surface area (Å²) >= 11 is 0. The molecule has 1 N–H and O–H groups in total. The van der Waals surface area contributed by atoms with Crippen molar-refractivity contribution in [2.75, 3.05) is 0 Å². The van der Waals surface area contributed by atoms with E-state index in [0.29, 0.717) is 5.41 Å². The van der Waals surface area contributed by atoms with Crippen LogP contribution in [0.4, 0.5) is 0 Å². The molecule has 0 aliphatic heterocycles. The molecule has 1 aromatic rings. The molecule has 1 saturated carbocycles. The fourth-order valence-electron chi connectivity index (χ4n) is 3.64. The molecule has 2 rings (SSSR count). The van der Waals surface area contributed by atoms with Crippen LogP contribution in [-0.4, -0.2) is 20.5 Å². The summed E-state index contributed by atoms with van der Waals surface area (Å²) in [4.78, 5) is 0. The van der Waals surface area contributed by atoms with Crippen molar-refractivity contribution < 1.29 is 5.11 Å². The molecule has 3 nitrogen and oxygen atoms in total. The molecule has 0 saturated heterocycles. The van der Waals surface area contributed by atoms with Gasteiger partial charge in [0.1, 0.15) is 0 Å². The quantitative estimate of drug-likeness (QED) is 0.911. The molecular weight excluding hydrogens is 260 g/mol. The molecule has 0 atom stereocenters. The van der Waals surface area contributed by atoms with Gasteiger partial charge >= 0.3 is 0 Å². The summed E-state index contributed by atoms with van der Waals surface area (Å²) < 4.78 is 2.06. The lowest BCUT2D eigenvalue weighted by Crippen LogP contribution is -2.39. The zero-order valence-corrected chi connectivity index (χ0v) is 14.4. The summed E-state index contributed by atoms with van der Waals surface area (Å²) in [5.41, 5.74) is 2.17. The van der Waals surface area contributed by atoms with Crippen LogP contribution >= 0.6 is 0 Å². The lowest BCUT2D eigenvalue weighted by atomic mass is 9.67. The molecule has 3 heteroatoms. The van der Waals surface area contributed by atoms with Crippen LogP contribution in [0.2, 0.25) is 0 Å². The molecular formula is C18H32N2O. The van der Waals surface area contributed by atoms with Gasteiger partial charge in [0.2, 0.25) is 0 Å². The molecule has 1 heterocycles. The fourth-order valence-corrected chi connectivity index (χ4v) is 3.64. The van der Waals surface area contributed by atoms with E-state index in [4.69, 9.17) is 0 Å². The van der Waals surface area contributed by atoms with Crippen LogP contribution in [0.25, 0.3) is 0 Å². The van der Waals surface area contributed by atoms with Gasteiger partial charge in [-0.2, -0.15) is 5.10 Å². The van der Waals surface area contributed by atoms with Crippen molar-refractivity contribution in [1.82, 2.24) is 9.78 Å². The van der Waals surface area contributed by atoms with Gasteiger partial charge in [0, 0.05) is 18.7 Å². The van der Waals surface area contributed by atoms with Crippen LogP contribution in [-0.2, 0) is 19.4 Å². The third-order valence-electron chi connectivity index (χ3n) is 5.23. The van der Waals surface area contributed by atoms with Crippen molar-refractivity contribution >= 4 is 0 Å². The van der Waals surface area contributed by atoms with Crippen LogP contribution in [0, 0.1) is 11.3 Å². The first-order valence-electron chi connectivity index (χ1n) is 8.55. The zero-order valence-electron chi connectivity index (χ0n) is 14.4. The van der Waals surface area contributed by atoms with E-state index in [1.165, 1.54) is 5.69 Å². The Balaban J connectivity index is 2.05. The molecule has 0 aromatic carbocycles. The van der Waals surface area contributed by atoms with Crippen molar-refractivity contribution in [1.29, 1.82) is 0 Å². The van der Waals surface area contributed by atoms with Crippen molar-refractivity contribution in [3.63, 3.8) is 0 Å². The Kier molecular flexibility index (Phi) is 4.82. The normalized spacial score (nSPS) is 27.0. The van der Waals surface area contributed by atoms with Crippen LogP contribution in [0.15, 0.2) is 6.07 Å². The maximum absolute atomic E-state index is 11.0. The predicted molar refractivity (Wildman–Crippen MR) is 87.3 cm³/mol. The summed E-state index contributed by atoms with van der Waals surface area (Å²) in [6, 6.07) is 2.18. The number of rotatable bonds is 4. The molecule has 1 aliphatic carbocycles. The van der Waals surface area contributed by atoms with E-state index in [-0.39, 0.29) is 0 Å². The number of aryl methyl sites for hydroxylation is 2. The summed E-state index contributed by atoms with van der Waals surface area (Å²) in [6.45, 7) is 12.1. The first-order chi connectivity index (χ1) is 9.77. The van der Waals surface area contributed by atoms with Gasteiger partial charge in [-0.1, -0.05) is 27.7 Å². The van der Waals surface area contributed by atoms with E-state index in [1.807, 2.05) is 0 Å². The Morgan fingerprint density at radius 1 is 1.29 bits per heavy atom. The minimum Gasteiger partial charge on any atom is -0.389 e. The Labute approximate surface area is 129 Å². The minimum atomic E-state index is -0.528. The average molecular weight is 292 g/mol. The van der Waals surface area contributed by atoms with E-state index >= 15 is 0 Å². The molecule has 0 amide bonds. The smallest absolute Gasteiger partial charge is 0.0703 e. The monoisotopic (exact) mass is 292 g/mol. The third-order valence-corrected chi connectivity index (χ3v) is 5.23. The molecule has 21 heavy (non-hydrogen) atoms. The number of hydrogen-bond donors (Lipinski definition) is 1. The van der Waals surface area contributed by atoms with Gasteiger partial charge in [-0.15, -0.1) is 0 Å². The lowest BCUT2D eigenvalue weighted by Gasteiger charge is -2.41. The number of nitrogens with zero attached hydrogens (tertiary/aromatic N) is 2. The summed E-state index contributed by atoms with van der Waals surface area (Å²) in [6.07, 6.45) is 5.84. The van der Waals surface area contributed by atoms with Crippen LogP contribution < -0.4 is 0 Å². The van der Waals surface area contributed by atoms with Gasteiger partial charge in [0.25, 0.3) is 0 Å². The van der Waals surface area contributed by atoms with Crippen molar-refractivity contribution in [2.45, 2.75) is 85.3 Å². The van der Waals surface area contributed by atoms with Gasteiger partial charge < -0.3 is 5.11 Å².